The highest BCUT2D eigenvalue weighted by Gasteiger charge is 1.96. The second-order valence-electron chi connectivity index (χ2n) is 7.92. The molecule has 1 nitrogen and oxygen atoms in total. The third-order valence-corrected chi connectivity index (χ3v) is 5.58. The zero-order valence-corrected chi connectivity index (χ0v) is 18.3. The third kappa shape index (κ3) is 17.0. The van der Waals surface area contributed by atoms with Crippen LogP contribution in [0.1, 0.15) is 108 Å². The minimum atomic E-state index is 0.997. The molecule has 1 rings (SSSR count). The SMILES string of the molecule is S=[C]NCCCCCCCCCCCCCCCCCCc1ccccc1. The Balaban J connectivity index is 1.68. The molecular weight excluding hydrogens is 346 g/mol. The maximum Gasteiger partial charge on any atom is 0.134 e. The van der Waals surface area contributed by atoms with Crippen LogP contribution in [-0.4, -0.2) is 12.0 Å². The van der Waals surface area contributed by atoms with Crippen molar-refractivity contribution in [1.29, 1.82) is 0 Å². The first-order chi connectivity index (χ1) is 13.4. The van der Waals surface area contributed by atoms with Gasteiger partial charge in [-0.3, -0.25) is 0 Å². The molecule has 0 spiro atoms. The van der Waals surface area contributed by atoms with Gasteiger partial charge in [0.2, 0.25) is 0 Å². The number of aryl methyl sites for hydroxylation is 1. The molecule has 0 atom stereocenters. The molecule has 0 amide bonds. The Morgan fingerprint density at radius 3 is 1.41 bits per heavy atom. The van der Waals surface area contributed by atoms with Crippen LogP contribution in [0.5, 0.6) is 0 Å². The molecule has 2 heteroatoms. The van der Waals surface area contributed by atoms with E-state index in [1.165, 1.54) is 115 Å². The summed E-state index contributed by atoms with van der Waals surface area (Å²) in [5.41, 5.74) is 4.06. The summed E-state index contributed by atoms with van der Waals surface area (Å²) in [5, 5.41) is 2.97. The van der Waals surface area contributed by atoms with Crippen molar-refractivity contribution in [3.05, 3.63) is 35.9 Å². The zero-order chi connectivity index (χ0) is 19.3. The predicted octanol–water partition coefficient (Wildman–Crippen LogP) is 7.89. The Morgan fingerprint density at radius 1 is 0.556 bits per heavy atom. The molecule has 0 aromatic heterocycles. The molecule has 0 saturated carbocycles. The number of benzene rings is 1. The van der Waals surface area contributed by atoms with Crippen molar-refractivity contribution in [2.75, 3.05) is 6.54 Å². The summed E-state index contributed by atoms with van der Waals surface area (Å²) in [5.74, 6) is 0. The fourth-order valence-corrected chi connectivity index (χ4v) is 3.82. The summed E-state index contributed by atoms with van der Waals surface area (Å²) in [4.78, 5) is 0. The molecule has 0 fully saturated rings. The fourth-order valence-electron chi connectivity index (χ4n) is 3.71. The quantitative estimate of drug-likeness (QED) is 0.138. The standard InChI is InChI=1S/C25H42NS/c27-24-26-23-19-14-12-10-8-6-4-2-1-3-5-7-9-11-13-16-20-25-21-17-15-18-22-25/h15,17-18,21-22H,1-14,16,19-20,23H2,(H,26,27). The number of nitrogens with one attached hydrogen (secondary N) is 1. The molecule has 1 N–H and O–H groups in total. The first-order valence-electron chi connectivity index (χ1n) is 11.6. The summed E-state index contributed by atoms with van der Waals surface area (Å²) >= 11 is 4.62. The van der Waals surface area contributed by atoms with Gasteiger partial charge >= 0.3 is 0 Å². The lowest BCUT2D eigenvalue weighted by Gasteiger charge is -2.04. The van der Waals surface area contributed by atoms with Crippen molar-refractivity contribution < 1.29 is 0 Å². The molecule has 1 aromatic carbocycles. The van der Waals surface area contributed by atoms with E-state index in [0.29, 0.717) is 0 Å². The number of hydrogen-bond acceptors (Lipinski definition) is 1. The maximum absolute atomic E-state index is 4.62. The first-order valence-corrected chi connectivity index (χ1v) is 12.0. The van der Waals surface area contributed by atoms with Gasteiger partial charge in [0.25, 0.3) is 0 Å². The molecule has 0 aliphatic heterocycles. The van der Waals surface area contributed by atoms with Gasteiger partial charge in [0.05, 0.1) is 0 Å². The van der Waals surface area contributed by atoms with Gasteiger partial charge in [0.1, 0.15) is 5.49 Å². The molecule has 0 aliphatic rings. The van der Waals surface area contributed by atoms with Crippen LogP contribution in [0.25, 0.3) is 0 Å². The van der Waals surface area contributed by atoms with Gasteiger partial charge in [0.15, 0.2) is 0 Å². The zero-order valence-electron chi connectivity index (χ0n) is 17.5. The summed E-state index contributed by atoms with van der Waals surface area (Å²) in [6.07, 6.45) is 23.8. The van der Waals surface area contributed by atoms with Crippen molar-refractivity contribution in [2.45, 2.75) is 109 Å². The van der Waals surface area contributed by atoms with Crippen molar-refractivity contribution in [3.8, 4) is 0 Å². The lowest BCUT2D eigenvalue weighted by atomic mass is 10.0. The van der Waals surface area contributed by atoms with Gasteiger partial charge in [-0.15, -0.1) is 0 Å². The Hall–Kier alpha value is -0.890. The van der Waals surface area contributed by atoms with Crippen molar-refractivity contribution in [2.24, 2.45) is 0 Å². The van der Waals surface area contributed by atoms with E-state index in [9.17, 15) is 0 Å². The fraction of sp³-hybridized carbons (Fsp3) is 0.720. The highest BCUT2D eigenvalue weighted by Crippen LogP contribution is 2.14. The average molecular weight is 389 g/mol. The first kappa shape index (κ1) is 24.1. The Bertz CT molecular complexity index is 418. The largest absolute Gasteiger partial charge is 0.374 e. The van der Waals surface area contributed by atoms with E-state index >= 15 is 0 Å². The molecule has 0 unspecified atom stereocenters. The normalized spacial score (nSPS) is 10.8. The molecule has 0 aliphatic carbocycles. The van der Waals surface area contributed by atoms with Crippen LogP contribution in [0.2, 0.25) is 0 Å². The van der Waals surface area contributed by atoms with Crippen LogP contribution in [0.4, 0.5) is 0 Å². The van der Waals surface area contributed by atoms with E-state index in [-0.39, 0.29) is 0 Å². The molecule has 153 valence electrons. The summed E-state index contributed by atoms with van der Waals surface area (Å²) < 4.78 is 0. The maximum atomic E-state index is 4.62. The van der Waals surface area contributed by atoms with Crippen LogP contribution in [-0.2, 0) is 6.42 Å². The van der Waals surface area contributed by atoms with Gasteiger partial charge in [-0.25, -0.2) is 0 Å². The smallest absolute Gasteiger partial charge is 0.134 e. The number of hydrogen-bond donors (Lipinski definition) is 1. The van der Waals surface area contributed by atoms with E-state index in [1.807, 2.05) is 0 Å². The minimum absolute atomic E-state index is 0.997. The Kier molecular flexibility index (Phi) is 17.8. The molecular formula is C25H42NS. The Morgan fingerprint density at radius 2 is 0.963 bits per heavy atom. The van der Waals surface area contributed by atoms with Crippen molar-refractivity contribution >= 4 is 17.7 Å². The lowest BCUT2D eigenvalue weighted by Crippen LogP contribution is -2.10. The number of unbranched alkanes of at least 4 members (excludes halogenated alkanes) is 15. The summed E-state index contributed by atoms with van der Waals surface area (Å²) in [6, 6.07) is 10.9. The predicted molar refractivity (Wildman–Crippen MR) is 125 cm³/mol. The van der Waals surface area contributed by atoms with Gasteiger partial charge in [-0.2, -0.15) is 0 Å². The van der Waals surface area contributed by atoms with E-state index in [1.54, 1.807) is 0 Å². The van der Waals surface area contributed by atoms with Gasteiger partial charge in [-0.1, -0.05) is 132 Å². The second-order valence-corrected chi connectivity index (χ2v) is 8.13. The van der Waals surface area contributed by atoms with Gasteiger partial charge in [-0.05, 0) is 24.8 Å². The van der Waals surface area contributed by atoms with Crippen LogP contribution in [0.3, 0.4) is 0 Å². The number of thiocarbonyl (C=S) groups is 1. The second kappa shape index (κ2) is 19.9. The summed E-state index contributed by atoms with van der Waals surface area (Å²) in [6.45, 7) is 0.997. The minimum Gasteiger partial charge on any atom is -0.374 e. The molecule has 0 saturated heterocycles. The van der Waals surface area contributed by atoms with E-state index in [2.05, 4.69) is 53.4 Å². The van der Waals surface area contributed by atoms with Crippen LogP contribution in [0, 0.1) is 0 Å². The van der Waals surface area contributed by atoms with E-state index in [0.717, 1.165) is 6.54 Å². The van der Waals surface area contributed by atoms with E-state index < -0.39 is 0 Å². The highest BCUT2D eigenvalue weighted by molar-refractivity contribution is 7.78. The number of rotatable bonds is 20. The van der Waals surface area contributed by atoms with Crippen molar-refractivity contribution in [3.63, 3.8) is 0 Å². The average Bonchev–Trinajstić information content (AvgIpc) is 2.70. The monoisotopic (exact) mass is 388 g/mol. The highest BCUT2D eigenvalue weighted by atomic mass is 32.1. The van der Waals surface area contributed by atoms with Crippen molar-refractivity contribution in [1.82, 2.24) is 5.32 Å². The van der Waals surface area contributed by atoms with Gasteiger partial charge < -0.3 is 5.32 Å². The molecule has 0 bridgehead atoms. The molecule has 0 heterocycles. The van der Waals surface area contributed by atoms with Crippen LogP contribution in [0.15, 0.2) is 30.3 Å². The molecule has 27 heavy (non-hydrogen) atoms. The third-order valence-electron chi connectivity index (χ3n) is 5.43. The molecule has 1 aromatic rings. The topological polar surface area (TPSA) is 12.0 Å². The summed E-state index contributed by atoms with van der Waals surface area (Å²) in [7, 11) is 0. The molecule has 1 radical (unpaired) electrons. The van der Waals surface area contributed by atoms with E-state index in [4.69, 9.17) is 0 Å². The van der Waals surface area contributed by atoms with Crippen LogP contribution < -0.4 is 5.32 Å². The van der Waals surface area contributed by atoms with Crippen LogP contribution >= 0.6 is 12.2 Å². The Labute approximate surface area is 174 Å². The van der Waals surface area contributed by atoms with Gasteiger partial charge in [0, 0.05) is 6.54 Å². The lowest BCUT2D eigenvalue weighted by molar-refractivity contribution is 0.527.